The van der Waals surface area contributed by atoms with Crippen molar-refractivity contribution in [3.63, 3.8) is 0 Å². The van der Waals surface area contributed by atoms with Gasteiger partial charge in [0, 0.05) is 39.1 Å². The van der Waals surface area contributed by atoms with Gasteiger partial charge < -0.3 is 14.2 Å². The van der Waals surface area contributed by atoms with E-state index in [1.54, 1.807) is 54.7 Å². The molecule has 0 atom stereocenters. The number of rotatable bonds is 5. The third kappa shape index (κ3) is 5.89. The molecule has 7 nitrogen and oxygen atoms in total. The molecule has 0 spiro atoms. The summed E-state index contributed by atoms with van der Waals surface area (Å²) < 4.78 is 11.6. The zero-order chi connectivity index (χ0) is 25.9. The zero-order valence-corrected chi connectivity index (χ0v) is 21.6. The Balaban J connectivity index is 1.23. The van der Waals surface area contributed by atoms with Crippen LogP contribution in [0.2, 0.25) is 10.0 Å². The molecule has 0 bridgehead atoms. The summed E-state index contributed by atoms with van der Waals surface area (Å²) in [7, 11) is 0. The maximum Gasteiger partial charge on any atom is 0.250 e. The lowest BCUT2D eigenvalue weighted by atomic mass is 10.1. The van der Waals surface area contributed by atoms with Gasteiger partial charge in [-0.15, -0.1) is 0 Å². The normalized spacial score (nSPS) is 11.2. The lowest BCUT2D eigenvalue weighted by molar-refractivity contribution is -0.115. The number of aryl methyl sites for hydroxylation is 1. The first-order valence-corrected chi connectivity index (χ1v) is 12.2. The summed E-state index contributed by atoms with van der Waals surface area (Å²) in [6.07, 6.45) is 4.53. The molecule has 0 fully saturated rings. The first kappa shape index (κ1) is 24.7. The van der Waals surface area contributed by atoms with E-state index in [4.69, 9.17) is 44.3 Å². The van der Waals surface area contributed by atoms with E-state index in [-0.39, 0.29) is 5.11 Å². The molecule has 5 rings (SSSR count). The molecule has 37 heavy (non-hydrogen) atoms. The van der Waals surface area contributed by atoms with Crippen molar-refractivity contribution in [2.75, 3.05) is 5.32 Å². The molecule has 3 aromatic heterocycles. The number of carbonyl (C=O) groups excluding carboxylic acids is 1. The number of nitrogens with zero attached hydrogens (tertiary/aromatic N) is 2. The second kappa shape index (κ2) is 10.6. The minimum atomic E-state index is -0.417. The number of furan rings is 1. The van der Waals surface area contributed by atoms with Crippen LogP contribution in [0.3, 0.4) is 0 Å². The smallest absolute Gasteiger partial charge is 0.250 e. The third-order valence-electron chi connectivity index (χ3n) is 5.31. The Hall–Kier alpha value is -3.98. The van der Waals surface area contributed by atoms with Crippen molar-refractivity contribution in [1.82, 2.24) is 15.3 Å². The SMILES string of the molecule is Cc1ccc(-c2nc3ncccc3o2)cc1NC(=S)NC(=O)/C=C/c1ccc(-c2cc(Cl)cc(Cl)c2)o1. The summed E-state index contributed by atoms with van der Waals surface area (Å²) in [6.45, 7) is 1.92. The number of carbonyl (C=O) groups is 1. The van der Waals surface area contributed by atoms with Crippen LogP contribution in [0.4, 0.5) is 5.69 Å². The van der Waals surface area contributed by atoms with Crippen LogP contribution in [-0.2, 0) is 4.79 Å². The number of fused-ring (bicyclic) bond motifs is 1. The topological polar surface area (TPSA) is 93.2 Å². The van der Waals surface area contributed by atoms with Crippen LogP contribution in [0.25, 0.3) is 40.1 Å². The summed E-state index contributed by atoms with van der Waals surface area (Å²) in [6, 6.07) is 17.9. The van der Waals surface area contributed by atoms with Crippen molar-refractivity contribution < 1.29 is 13.6 Å². The lowest BCUT2D eigenvalue weighted by Crippen LogP contribution is -2.33. The van der Waals surface area contributed by atoms with Gasteiger partial charge in [0.1, 0.15) is 11.5 Å². The van der Waals surface area contributed by atoms with Gasteiger partial charge in [0.15, 0.2) is 16.3 Å². The van der Waals surface area contributed by atoms with Crippen LogP contribution in [0.1, 0.15) is 11.3 Å². The molecular formula is C27H18Cl2N4O3S. The van der Waals surface area contributed by atoms with E-state index in [1.807, 2.05) is 25.1 Å². The lowest BCUT2D eigenvalue weighted by Gasteiger charge is -2.11. The van der Waals surface area contributed by atoms with E-state index in [2.05, 4.69) is 20.6 Å². The standard InChI is InChI=1S/C27H18Cl2N4O3S/c1-15-4-5-16(26-33-25-23(36-26)3-2-10-30-25)13-21(15)31-27(37)32-24(34)9-7-20-6-8-22(35-20)17-11-18(28)14-19(29)12-17/h2-14H,1H3,(H2,31,32,34,37)/b9-7+. The van der Waals surface area contributed by atoms with Gasteiger partial charge in [0.05, 0.1) is 0 Å². The van der Waals surface area contributed by atoms with E-state index >= 15 is 0 Å². The molecular weight excluding hydrogens is 531 g/mol. The van der Waals surface area contributed by atoms with Crippen molar-refractivity contribution in [1.29, 1.82) is 0 Å². The number of amides is 1. The van der Waals surface area contributed by atoms with Crippen LogP contribution in [0.15, 0.2) is 81.8 Å². The molecule has 5 aromatic rings. The molecule has 184 valence electrons. The molecule has 0 unspecified atom stereocenters. The number of nitrogens with one attached hydrogen (secondary N) is 2. The zero-order valence-electron chi connectivity index (χ0n) is 19.3. The Labute approximate surface area is 227 Å². The number of anilines is 1. The Kier molecular flexibility index (Phi) is 7.05. The number of hydrogen-bond donors (Lipinski definition) is 2. The third-order valence-corrected chi connectivity index (χ3v) is 5.95. The molecule has 10 heteroatoms. The Bertz CT molecular complexity index is 1620. The summed E-state index contributed by atoms with van der Waals surface area (Å²) in [4.78, 5) is 21.0. The Morgan fingerprint density at radius 2 is 1.81 bits per heavy atom. The number of thiocarbonyl (C=S) groups is 1. The van der Waals surface area contributed by atoms with Crippen LogP contribution in [0, 0.1) is 6.92 Å². The van der Waals surface area contributed by atoms with E-state index in [9.17, 15) is 4.79 Å². The highest BCUT2D eigenvalue weighted by atomic mass is 35.5. The van der Waals surface area contributed by atoms with Gasteiger partial charge in [0.2, 0.25) is 11.8 Å². The fourth-order valence-corrected chi connectivity index (χ4v) is 4.28. The van der Waals surface area contributed by atoms with Gasteiger partial charge in [-0.3, -0.25) is 10.1 Å². The summed E-state index contributed by atoms with van der Waals surface area (Å²) >= 11 is 17.5. The fourth-order valence-electron chi connectivity index (χ4n) is 3.54. The number of pyridine rings is 1. The van der Waals surface area contributed by atoms with Crippen molar-refractivity contribution in [2.24, 2.45) is 0 Å². The van der Waals surface area contributed by atoms with Crippen molar-refractivity contribution in [3.05, 3.63) is 94.3 Å². The number of halogens is 2. The monoisotopic (exact) mass is 548 g/mol. The Morgan fingerprint density at radius 3 is 2.59 bits per heavy atom. The number of aromatic nitrogens is 2. The van der Waals surface area contributed by atoms with E-state index in [1.165, 1.54) is 6.08 Å². The molecule has 0 aliphatic rings. The molecule has 0 radical (unpaired) electrons. The fraction of sp³-hybridized carbons (Fsp3) is 0.0370. The quantitative estimate of drug-likeness (QED) is 0.176. The molecule has 0 aliphatic carbocycles. The predicted octanol–water partition coefficient (Wildman–Crippen LogP) is 7.29. The second-order valence-corrected chi connectivity index (χ2v) is 9.29. The van der Waals surface area contributed by atoms with E-state index < -0.39 is 5.91 Å². The summed E-state index contributed by atoms with van der Waals surface area (Å²) in [5.74, 6) is 1.08. The summed E-state index contributed by atoms with van der Waals surface area (Å²) in [5, 5.41) is 6.83. The highest BCUT2D eigenvalue weighted by Crippen LogP contribution is 2.29. The van der Waals surface area contributed by atoms with Gasteiger partial charge in [-0.05, 0) is 85.4 Å². The van der Waals surface area contributed by atoms with Crippen LogP contribution in [-0.4, -0.2) is 21.0 Å². The number of oxazole rings is 1. The van der Waals surface area contributed by atoms with Crippen LogP contribution < -0.4 is 10.6 Å². The van der Waals surface area contributed by atoms with Gasteiger partial charge in [-0.2, -0.15) is 4.98 Å². The average Bonchev–Trinajstić information content (AvgIpc) is 3.51. The maximum absolute atomic E-state index is 12.4. The predicted molar refractivity (Wildman–Crippen MR) is 150 cm³/mol. The largest absolute Gasteiger partial charge is 0.457 e. The minimum Gasteiger partial charge on any atom is -0.457 e. The first-order valence-electron chi connectivity index (χ1n) is 11.0. The molecule has 1 amide bonds. The van der Waals surface area contributed by atoms with Gasteiger partial charge >= 0.3 is 0 Å². The van der Waals surface area contributed by atoms with Crippen molar-refractivity contribution in [3.8, 4) is 22.8 Å². The van der Waals surface area contributed by atoms with E-state index in [0.717, 1.165) is 16.7 Å². The molecule has 3 heterocycles. The highest BCUT2D eigenvalue weighted by Gasteiger charge is 2.12. The molecule has 0 saturated carbocycles. The Morgan fingerprint density at radius 1 is 1.00 bits per heavy atom. The number of hydrogen-bond acceptors (Lipinski definition) is 6. The molecule has 2 aromatic carbocycles. The molecule has 0 aliphatic heterocycles. The highest BCUT2D eigenvalue weighted by molar-refractivity contribution is 7.80. The van der Waals surface area contributed by atoms with Crippen LogP contribution in [0.5, 0.6) is 0 Å². The van der Waals surface area contributed by atoms with Crippen LogP contribution >= 0.6 is 35.4 Å². The molecule has 0 saturated heterocycles. The maximum atomic E-state index is 12.4. The molecule has 2 N–H and O–H groups in total. The van der Waals surface area contributed by atoms with Gasteiger partial charge in [-0.1, -0.05) is 29.3 Å². The van der Waals surface area contributed by atoms with Crippen molar-refractivity contribution >= 4 is 69.4 Å². The second-order valence-electron chi connectivity index (χ2n) is 8.01. The van der Waals surface area contributed by atoms with E-state index in [0.29, 0.717) is 44.4 Å². The number of benzene rings is 2. The first-order chi connectivity index (χ1) is 17.8. The minimum absolute atomic E-state index is 0.142. The average molecular weight is 549 g/mol. The van der Waals surface area contributed by atoms with Gasteiger partial charge in [-0.25, -0.2) is 4.98 Å². The van der Waals surface area contributed by atoms with Crippen molar-refractivity contribution in [2.45, 2.75) is 6.92 Å². The van der Waals surface area contributed by atoms with Gasteiger partial charge in [0.25, 0.3) is 0 Å². The summed E-state index contributed by atoms with van der Waals surface area (Å²) in [5.41, 5.74) is 4.24.